The molecule has 104 valence electrons. The number of allylic oxidation sites excluding steroid dienone is 2. The SMILES string of the molecule is C[C@H](N)C(=O)NCCCC1=C(O)C(=O)C=C(O)C1=O. The molecule has 7 nitrogen and oxygen atoms in total. The molecule has 1 amide bonds. The van der Waals surface area contributed by atoms with E-state index >= 15 is 0 Å². The van der Waals surface area contributed by atoms with Gasteiger partial charge in [-0.05, 0) is 19.8 Å². The van der Waals surface area contributed by atoms with E-state index in [0.717, 1.165) is 0 Å². The van der Waals surface area contributed by atoms with Crippen molar-refractivity contribution >= 4 is 17.5 Å². The van der Waals surface area contributed by atoms with Gasteiger partial charge in [0.15, 0.2) is 11.5 Å². The number of Topliss-reactive ketones (excluding diaryl/α,β-unsaturated/α-hetero) is 1. The molecular weight excluding hydrogens is 252 g/mol. The van der Waals surface area contributed by atoms with Gasteiger partial charge in [-0.15, -0.1) is 0 Å². The van der Waals surface area contributed by atoms with Crippen molar-refractivity contribution < 1.29 is 24.6 Å². The van der Waals surface area contributed by atoms with Crippen LogP contribution in [0.3, 0.4) is 0 Å². The Labute approximate surface area is 109 Å². The van der Waals surface area contributed by atoms with Gasteiger partial charge >= 0.3 is 0 Å². The highest BCUT2D eigenvalue weighted by Crippen LogP contribution is 2.20. The predicted molar refractivity (Wildman–Crippen MR) is 66.3 cm³/mol. The lowest BCUT2D eigenvalue weighted by molar-refractivity contribution is -0.122. The lowest BCUT2D eigenvalue weighted by Crippen LogP contribution is -2.38. The molecule has 0 aromatic rings. The molecule has 0 spiro atoms. The van der Waals surface area contributed by atoms with E-state index < -0.39 is 29.1 Å². The number of rotatable bonds is 5. The summed E-state index contributed by atoms with van der Waals surface area (Å²) in [5.74, 6) is -3.23. The Morgan fingerprint density at radius 1 is 1.42 bits per heavy atom. The van der Waals surface area contributed by atoms with E-state index in [1.54, 1.807) is 0 Å². The minimum Gasteiger partial charge on any atom is -0.504 e. The number of hydrogen-bond donors (Lipinski definition) is 4. The summed E-state index contributed by atoms with van der Waals surface area (Å²) in [6.07, 6.45) is 1.09. The second-order valence-corrected chi connectivity index (χ2v) is 4.23. The number of aliphatic hydroxyl groups excluding tert-OH is 2. The van der Waals surface area contributed by atoms with Crippen LogP contribution in [0.5, 0.6) is 0 Å². The summed E-state index contributed by atoms with van der Waals surface area (Å²) < 4.78 is 0. The molecule has 0 fully saturated rings. The predicted octanol–water partition coefficient (Wildman–Crippen LogP) is -0.364. The van der Waals surface area contributed by atoms with Crippen LogP contribution in [0, 0.1) is 0 Å². The van der Waals surface area contributed by atoms with Crippen LogP contribution in [-0.4, -0.2) is 40.3 Å². The molecule has 1 aliphatic carbocycles. The lowest BCUT2D eigenvalue weighted by Gasteiger charge is -2.13. The van der Waals surface area contributed by atoms with E-state index in [2.05, 4.69) is 5.32 Å². The molecular formula is C12H16N2O5. The highest BCUT2D eigenvalue weighted by molar-refractivity contribution is 6.20. The van der Waals surface area contributed by atoms with Crippen LogP contribution >= 0.6 is 0 Å². The number of carbonyl (C=O) groups is 3. The number of carbonyl (C=O) groups excluding carboxylic acids is 3. The van der Waals surface area contributed by atoms with Crippen molar-refractivity contribution in [1.29, 1.82) is 0 Å². The van der Waals surface area contributed by atoms with E-state index in [4.69, 9.17) is 5.73 Å². The fourth-order valence-corrected chi connectivity index (χ4v) is 1.54. The van der Waals surface area contributed by atoms with Crippen LogP contribution in [0.2, 0.25) is 0 Å². The Bertz CT molecular complexity index is 477. The standard InChI is InChI=1S/C12H16N2O5/c1-6(13)12(19)14-4-2-3-7-10(17)8(15)5-9(16)11(7)18/h5-6,15,18H,2-4,13H2,1H3,(H,14,19)/t6-/m0/s1. The maximum absolute atomic E-state index is 11.5. The summed E-state index contributed by atoms with van der Waals surface area (Å²) in [4.78, 5) is 33.9. The highest BCUT2D eigenvalue weighted by Gasteiger charge is 2.27. The van der Waals surface area contributed by atoms with Crippen LogP contribution in [0.25, 0.3) is 0 Å². The van der Waals surface area contributed by atoms with E-state index in [1.165, 1.54) is 6.92 Å². The molecule has 0 aromatic heterocycles. The minimum atomic E-state index is -0.799. The van der Waals surface area contributed by atoms with Crippen molar-refractivity contribution in [3.63, 3.8) is 0 Å². The van der Waals surface area contributed by atoms with Crippen LogP contribution in [0.4, 0.5) is 0 Å². The van der Waals surface area contributed by atoms with Crippen molar-refractivity contribution in [2.75, 3.05) is 6.54 Å². The van der Waals surface area contributed by atoms with Crippen LogP contribution in [0.15, 0.2) is 23.2 Å². The third-order valence-electron chi connectivity index (χ3n) is 2.61. The van der Waals surface area contributed by atoms with Crippen LogP contribution in [-0.2, 0) is 14.4 Å². The molecule has 0 heterocycles. The first-order chi connectivity index (χ1) is 8.84. The number of ketones is 2. The Morgan fingerprint density at radius 3 is 2.63 bits per heavy atom. The van der Waals surface area contributed by atoms with Gasteiger partial charge in [-0.1, -0.05) is 0 Å². The summed E-state index contributed by atoms with van der Waals surface area (Å²) in [5, 5.41) is 21.2. The van der Waals surface area contributed by atoms with Crippen molar-refractivity contribution in [2.24, 2.45) is 5.73 Å². The van der Waals surface area contributed by atoms with Crippen LogP contribution < -0.4 is 11.1 Å². The summed E-state index contributed by atoms with van der Waals surface area (Å²) in [6, 6.07) is -0.627. The van der Waals surface area contributed by atoms with Crippen molar-refractivity contribution in [3.8, 4) is 0 Å². The fraction of sp³-hybridized carbons (Fsp3) is 0.417. The average molecular weight is 268 g/mol. The number of hydrogen-bond acceptors (Lipinski definition) is 6. The molecule has 0 aromatic carbocycles. The van der Waals surface area contributed by atoms with Gasteiger partial charge < -0.3 is 21.3 Å². The van der Waals surface area contributed by atoms with Crippen LogP contribution in [0.1, 0.15) is 19.8 Å². The molecule has 0 bridgehead atoms. The minimum absolute atomic E-state index is 0.0769. The monoisotopic (exact) mass is 268 g/mol. The van der Waals surface area contributed by atoms with E-state index in [1.807, 2.05) is 0 Å². The summed E-state index contributed by atoms with van der Waals surface area (Å²) >= 11 is 0. The van der Waals surface area contributed by atoms with Gasteiger partial charge in [-0.3, -0.25) is 14.4 Å². The van der Waals surface area contributed by atoms with Gasteiger partial charge in [0, 0.05) is 18.2 Å². The normalized spacial score (nSPS) is 17.3. The first-order valence-electron chi connectivity index (χ1n) is 5.79. The van der Waals surface area contributed by atoms with Gasteiger partial charge in [-0.25, -0.2) is 0 Å². The smallest absolute Gasteiger partial charge is 0.236 e. The fourth-order valence-electron chi connectivity index (χ4n) is 1.54. The van der Waals surface area contributed by atoms with Gasteiger partial charge in [0.1, 0.15) is 0 Å². The third kappa shape index (κ3) is 3.65. The third-order valence-corrected chi connectivity index (χ3v) is 2.61. The highest BCUT2D eigenvalue weighted by atomic mass is 16.3. The van der Waals surface area contributed by atoms with Gasteiger partial charge in [0.2, 0.25) is 17.5 Å². The first-order valence-corrected chi connectivity index (χ1v) is 5.79. The van der Waals surface area contributed by atoms with Crippen molar-refractivity contribution in [3.05, 3.63) is 23.2 Å². The van der Waals surface area contributed by atoms with Crippen molar-refractivity contribution in [1.82, 2.24) is 5.32 Å². The first kappa shape index (κ1) is 14.9. The van der Waals surface area contributed by atoms with Gasteiger partial charge in [0.25, 0.3) is 0 Å². The molecule has 5 N–H and O–H groups in total. The topological polar surface area (TPSA) is 130 Å². The zero-order chi connectivity index (χ0) is 14.6. The Kier molecular flexibility index (Phi) is 4.82. The molecule has 1 atom stereocenters. The second kappa shape index (κ2) is 6.14. The molecule has 0 saturated heterocycles. The molecule has 1 aliphatic rings. The average Bonchev–Trinajstić information content (AvgIpc) is 2.35. The van der Waals surface area contributed by atoms with E-state index in [-0.39, 0.29) is 24.4 Å². The van der Waals surface area contributed by atoms with Crippen molar-refractivity contribution in [2.45, 2.75) is 25.8 Å². The van der Waals surface area contributed by atoms with E-state index in [0.29, 0.717) is 12.5 Å². The largest absolute Gasteiger partial charge is 0.504 e. The Balaban J connectivity index is 2.53. The molecule has 0 unspecified atom stereocenters. The Morgan fingerprint density at radius 2 is 2.05 bits per heavy atom. The summed E-state index contributed by atoms with van der Waals surface area (Å²) in [6.45, 7) is 1.79. The Hall–Kier alpha value is -2.15. The number of nitrogens with one attached hydrogen (secondary N) is 1. The number of aliphatic hydroxyl groups is 2. The van der Waals surface area contributed by atoms with E-state index in [9.17, 15) is 24.6 Å². The maximum Gasteiger partial charge on any atom is 0.236 e. The summed E-state index contributed by atoms with van der Waals surface area (Å²) in [5.41, 5.74) is 5.20. The zero-order valence-corrected chi connectivity index (χ0v) is 10.5. The molecule has 1 rings (SSSR count). The summed E-state index contributed by atoms with van der Waals surface area (Å²) in [7, 11) is 0. The quantitative estimate of drug-likeness (QED) is 0.398. The molecule has 0 radical (unpaired) electrons. The molecule has 0 saturated carbocycles. The van der Waals surface area contributed by atoms with Gasteiger partial charge in [-0.2, -0.15) is 0 Å². The van der Waals surface area contributed by atoms with Gasteiger partial charge in [0.05, 0.1) is 6.04 Å². The zero-order valence-electron chi connectivity index (χ0n) is 10.5. The number of amides is 1. The molecule has 19 heavy (non-hydrogen) atoms. The molecule has 7 heteroatoms. The maximum atomic E-state index is 11.5. The number of nitrogens with two attached hydrogens (primary N) is 1. The lowest BCUT2D eigenvalue weighted by atomic mass is 9.96. The molecule has 0 aliphatic heterocycles. The second-order valence-electron chi connectivity index (χ2n) is 4.23.